The van der Waals surface area contributed by atoms with Gasteiger partial charge in [0.2, 0.25) is 11.8 Å². The maximum Gasteiger partial charge on any atom is 0.242 e. The van der Waals surface area contributed by atoms with Crippen LogP contribution in [0.4, 0.5) is 0 Å². The molecule has 0 spiro atoms. The van der Waals surface area contributed by atoms with Gasteiger partial charge in [-0.05, 0) is 12.1 Å². The van der Waals surface area contributed by atoms with Crippen molar-refractivity contribution in [2.24, 2.45) is 0 Å². The van der Waals surface area contributed by atoms with Crippen molar-refractivity contribution in [2.45, 2.75) is 6.54 Å². The first-order valence-electron chi connectivity index (χ1n) is 4.70. The summed E-state index contributed by atoms with van der Waals surface area (Å²) in [6.45, 7) is 0.605. The largest absolute Gasteiger partial charge is 0.345 e. The molecule has 1 aromatic heterocycles. The zero-order chi connectivity index (χ0) is 10.7. The second-order valence-corrected chi connectivity index (χ2v) is 3.35. The van der Waals surface area contributed by atoms with E-state index >= 15 is 0 Å². The fraction of sp³-hybridized carbons (Fsp3) is 0.300. The second-order valence-electron chi connectivity index (χ2n) is 3.35. The van der Waals surface area contributed by atoms with Gasteiger partial charge in [-0.25, -0.2) is 0 Å². The molecule has 15 heavy (non-hydrogen) atoms. The zero-order valence-electron chi connectivity index (χ0n) is 8.14. The van der Waals surface area contributed by atoms with Crippen LogP contribution in [-0.4, -0.2) is 34.8 Å². The van der Waals surface area contributed by atoms with Crippen LogP contribution in [0.2, 0.25) is 0 Å². The molecule has 1 aliphatic rings. The maximum atomic E-state index is 11.4. The highest BCUT2D eigenvalue weighted by molar-refractivity contribution is 5.92. The van der Waals surface area contributed by atoms with Crippen LogP contribution in [0, 0.1) is 0 Å². The van der Waals surface area contributed by atoms with Crippen LogP contribution in [0.25, 0.3) is 0 Å². The van der Waals surface area contributed by atoms with Gasteiger partial charge in [-0.2, -0.15) is 0 Å². The van der Waals surface area contributed by atoms with Crippen molar-refractivity contribution in [3.8, 4) is 0 Å². The van der Waals surface area contributed by atoms with E-state index in [2.05, 4.69) is 10.3 Å². The normalized spacial score (nSPS) is 16.4. The van der Waals surface area contributed by atoms with E-state index in [1.807, 2.05) is 18.2 Å². The fourth-order valence-corrected chi connectivity index (χ4v) is 1.43. The lowest BCUT2D eigenvalue weighted by Gasteiger charge is -2.26. The molecule has 2 amide bonds. The van der Waals surface area contributed by atoms with Crippen molar-refractivity contribution in [3.05, 3.63) is 30.1 Å². The van der Waals surface area contributed by atoms with Crippen molar-refractivity contribution in [1.29, 1.82) is 0 Å². The lowest BCUT2D eigenvalue weighted by Crippen LogP contribution is -2.51. The molecule has 1 N–H and O–H groups in total. The third-order valence-corrected chi connectivity index (χ3v) is 2.20. The van der Waals surface area contributed by atoms with Gasteiger partial charge in [-0.1, -0.05) is 6.07 Å². The van der Waals surface area contributed by atoms with E-state index in [1.165, 1.54) is 4.90 Å². The molecule has 0 saturated carbocycles. The molecule has 0 radical (unpaired) electrons. The first-order chi connectivity index (χ1) is 7.25. The van der Waals surface area contributed by atoms with Gasteiger partial charge in [0.25, 0.3) is 0 Å². The Hall–Kier alpha value is -1.91. The third kappa shape index (κ3) is 2.31. The molecule has 5 nitrogen and oxygen atoms in total. The molecule has 1 fully saturated rings. The van der Waals surface area contributed by atoms with Gasteiger partial charge in [-0.15, -0.1) is 0 Å². The van der Waals surface area contributed by atoms with Gasteiger partial charge in [0, 0.05) is 6.20 Å². The Morgan fingerprint density at radius 3 is 3.00 bits per heavy atom. The molecule has 1 saturated heterocycles. The van der Waals surface area contributed by atoms with E-state index in [-0.39, 0.29) is 24.9 Å². The number of pyridine rings is 1. The number of nitrogens with one attached hydrogen (secondary N) is 1. The molecule has 0 aromatic carbocycles. The Morgan fingerprint density at radius 2 is 2.27 bits per heavy atom. The summed E-state index contributed by atoms with van der Waals surface area (Å²) in [6, 6.07) is 5.50. The van der Waals surface area contributed by atoms with Crippen molar-refractivity contribution in [1.82, 2.24) is 15.2 Å². The van der Waals surface area contributed by atoms with Gasteiger partial charge >= 0.3 is 0 Å². The molecule has 1 aliphatic heterocycles. The molecular weight excluding hydrogens is 194 g/mol. The fourth-order valence-electron chi connectivity index (χ4n) is 1.43. The van der Waals surface area contributed by atoms with Crippen LogP contribution in [0.1, 0.15) is 5.69 Å². The Morgan fingerprint density at radius 1 is 1.40 bits per heavy atom. The molecule has 0 atom stereocenters. The molecule has 0 aliphatic carbocycles. The Kier molecular flexibility index (Phi) is 2.62. The summed E-state index contributed by atoms with van der Waals surface area (Å²) in [5.41, 5.74) is 0.792. The number of piperazine rings is 1. The molecule has 1 aromatic rings. The van der Waals surface area contributed by atoms with Crippen LogP contribution < -0.4 is 5.32 Å². The van der Waals surface area contributed by atoms with E-state index < -0.39 is 0 Å². The van der Waals surface area contributed by atoms with Crippen molar-refractivity contribution >= 4 is 11.8 Å². The number of carbonyl (C=O) groups is 2. The summed E-state index contributed by atoms with van der Waals surface area (Å²) >= 11 is 0. The Bertz CT molecular complexity index is 378. The van der Waals surface area contributed by atoms with Crippen LogP contribution in [0.15, 0.2) is 24.4 Å². The van der Waals surface area contributed by atoms with Gasteiger partial charge in [0.05, 0.1) is 25.3 Å². The van der Waals surface area contributed by atoms with Crippen molar-refractivity contribution < 1.29 is 9.59 Å². The lowest BCUT2D eigenvalue weighted by atomic mass is 10.3. The van der Waals surface area contributed by atoms with E-state index in [1.54, 1.807) is 6.20 Å². The van der Waals surface area contributed by atoms with E-state index in [0.717, 1.165) is 5.69 Å². The van der Waals surface area contributed by atoms with Gasteiger partial charge in [0.15, 0.2) is 0 Å². The SMILES string of the molecule is O=C1CN(Cc2ccccn2)C(=O)CN1. The quantitative estimate of drug-likeness (QED) is 0.710. The monoisotopic (exact) mass is 205 g/mol. The first-order valence-corrected chi connectivity index (χ1v) is 4.70. The minimum Gasteiger partial charge on any atom is -0.345 e. The molecule has 0 bridgehead atoms. The summed E-state index contributed by atoms with van der Waals surface area (Å²) < 4.78 is 0. The number of carbonyl (C=O) groups excluding carboxylic acids is 2. The van der Waals surface area contributed by atoms with Crippen molar-refractivity contribution in [3.63, 3.8) is 0 Å². The third-order valence-electron chi connectivity index (χ3n) is 2.20. The molecular formula is C10H11N3O2. The minimum atomic E-state index is -0.120. The summed E-state index contributed by atoms with van der Waals surface area (Å²) in [7, 11) is 0. The summed E-state index contributed by atoms with van der Waals surface area (Å²) in [5, 5.41) is 2.50. The van der Waals surface area contributed by atoms with E-state index in [9.17, 15) is 9.59 Å². The van der Waals surface area contributed by atoms with E-state index in [4.69, 9.17) is 0 Å². The standard InChI is InChI=1S/C10H11N3O2/c14-9-7-13(10(15)5-12-9)6-8-3-1-2-4-11-8/h1-4H,5-7H2,(H,12,14). The topological polar surface area (TPSA) is 62.3 Å². The average Bonchev–Trinajstić information content (AvgIpc) is 2.25. The highest BCUT2D eigenvalue weighted by Gasteiger charge is 2.22. The molecule has 78 valence electrons. The highest BCUT2D eigenvalue weighted by atomic mass is 16.2. The lowest BCUT2D eigenvalue weighted by molar-refractivity contribution is -0.141. The van der Waals surface area contributed by atoms with Crippen LogP contribution in [-0.2, 0) is 16.1 Å². The van der Waals surface area contributed by atoms with Crippen LogP contribution >= 0.6 is 0 Å². The summed E-state index contributed by atoms with van der Waals surface area (Å²) in [6.07, 6.45) is 1.67. The number of hydrogen-bond acceptors (Lipinski definition) is 3. The minimum absolute atomic E-state index is 0.0692. The van der Waals surface area contributed by atoms with Crippen LogP contribution in [0.5, 0.6) is 0 Å². The average molecular weight is 205 g/mol. The molecule has 5 heteroatoms. The maximum absolute atomic E-state index is 11.4. The predicted molar refractivity (Wildman–Crippen MR) is 52.7 cm³/mol. The predicted octanol–water partition coefficient (Wildman–Crippen LogP) is -0.460. The highest BCUT2D eigenvalue weighted by Crippen LogP contribution is 2.03. The van der Waals surface area contributed by atoms with Crippen molar-refractivity contribution in [2.75, 3.05) is 13.1 Å². The summed E-state index contributed by atoms with van der Waals surface area (Å²) in [4.78, 5) is 28.1. The first kappa shape index (κ1) is 9.64. The number of aromatic nitrogens is 1. The smallest absolute Gasteiger partial charge is 0.242 e. The Labute approximate surface area is 87.1 Å². The number of hydrogen-bond donors (Lipinski definition) is 1. The zero-order valence-corrected chi connectivity index (χ0v) is 8.14. The number of amides is 2. The molecule has 2 rings (SSSR count). The summed E-state index contributed by atoms with van der Waals surface area (Å²) in [5.74, 6) is -0.189. The molecule has 0 unspecified atom stereocenters. The molecule has 2 heterocycles. The van der Waals surface area contributed by atoms with E-state index in [0.29, 0.717) is 6.54 Å². The van der Waals surface area contributed by atoms with Gasteiger partial charge in [-0.3, -0.25) is 14.6 Å². The second kappa shape index (κ2) is 4.08. The number of rotatable bonds is 2. The van der Waals surface area contributed by atoms with Gasteiger partial charge in [0.1, 0.15) is 0 Å². The van der Waals surface area contributed by atoms with Gasteiger partial charge < -0.3 is 10.2 Å². The van der Waals surface area contributed by atoms with Crippen LogP contribution in [0.3, 0.4) is 0 Å². The Balaban J connectivity index is 2.05. The number of nitrogens with zero attached hydrogens (tertiary/aromatic N) is 2.